The van der Waals surface area contributed by atoms with Crippen LogP contribution in [-0.4, -0.2) is 40.7 Å². The molecule has 2 saturated heterocycles. The summed E-state index contributed by atoms with van der Waals surface area (Å²) in [5.74, 6) is 1.11. The van der Waals surface area contributed by atoms with Gasteiger partial charge in [-0.3, -0.25) is 0 Å². The summed E-state index contributed by atoms with van der Waals surface area (Å²) in [6.07, 6.45) is 5.94. The second-order valence-electron chi connectivity index (χ2n) is 6.58. The number of piperidine rings is 2. The van der Waals surface area contributed by atoms with Gasteiger partial charge in [-0.05, 0) is 32.1 Å². The first kappa shape index (κ1) is 15.2. The fraction of sp³-hybridized carbons (Fsp3) is 0.706. The van der Waals surface area contributed by atoms with Gasteiger partial charge in [0.2, 0.25) is 0 Å². The van der Waals surface area contributed by atoms with Gasteiger partial charge in [-0.25, -0.2) is 0 Å². The van der Waals surface area contributed by atoms with E-state index in [-0.39, 0.29) is 0 Å². The van der Waals surface area contributed by atoms with Gasteiger partial charge in [-0.15, -0.1) is 5.73 Å². The second kappa shape index (κ2) is 6.57. The molecule has 0 spiro atoms. The standard InChI is InChI=1S/C17H26N4O/c1-4-14-7-5-6-10-21(14)15-8-11-20(12-9-15)17-18-16(13(2)3)19-22-17/h13,15H,1,5-12H2,2-3H3. The van der Waals surface area contributed by atoms with E-state index in [0.29, 0.717) is 18.0 Å². The Balaban J connectivity index is 1.61. The number of aromatic nitrogens is 2. The van der Waals surface area contributed by atoms with Crippen LogP contribution in [0.1, 0.15) is 57.7 Å². The van der Waals surface area contributed by atoms with Gasteiger partial charge in [-0.2, -0.15) is 4.98 Å². The third kappa shape index (κ3) is 3.05. The van der Waals surface area contributed by atoms with E-state index in [4.69, 9.17) is 4.52 Å². The van der Waals surface area contributed by atoms with Crippen molar-refractivity contribution >= 4 is 6.01 Å². The van der Waals surface area contributed by atoms with Gasteiger partial charge in [-0.1, -0.05) is 25.6 Å². The second-order valence-corrected chi connectivity index (χ2v) is 6.58. The number of nitrogens with zero attached hydrogens (tertiary/aromatic N) is 4. The monoisotopic (exact) mass is 302 g/mol. The molecule has 0 aromatic carbocycles. The Hall–Kier alpha value is -1.74. The Morgan fingerprint density at radius 3 is 2.64 bits per heavy atom. The molecule has 1 aromatic heterocycles. The van der Waals surface area contributed by atoms with Crippen molar-refractivity contribution in [3.8, 4) is 0 Å². The van der Waals surface area contributed by atoms with E-state index in [1.54, 1.807) is 0 Å². The van der Waals surface area contributed by atoms with Crippen molar-refractivity contribution in [1.82, 2.24) is 15.0 Å². The summed E-state index contributed by atoms with van der Waals surface area (Å²) in [6.45, 7) is 11.1. The average molecular weight is 302 g/mol. The van der Waals surface area contributed by atoms with Gasteiger partial charge in [0.05, 0.1) is 5.70 Å². The molecular formula is C17H26N4O. The number of allylic oxidation sites excluding steroid dienone is 1. The Labute approximate surface area is 132 Å². The molecule has 0 atom stereocenters. The molecule has 3 heterocycles. The van der Waals surface area contributed by atoms with Crippen molar-refractivity contribution in [2.45, 2.75) is 57.9 Å². The van der Waals surface area contributed by atoms with Crippen LogP contribution in [0.5, 0.6) is 0 Å². The van der Waals surface area contributed by atoms with Gasteiger partial charge in [0, 0.05) is 31.6 Å². The van der Waals surface area contributed by atoms with E-state index in [1.807, 2.05) is 0 Å². The van der Waals surface area contributed by atoms with Crippen LogP contribution in [0, 0.1) is 0 Å². The minimum absolute atomic E-state index is 0.309. The molecule has 22 heavy (non-hydrogen) atoms. The minimum atomic E-state index is 0.309. The van der Waals surface area contributed by atoms with Crippen LogP contribution in [0.2, 0.25) is 0 Å². The highest BCUT2D eigenvalue weighted by molar-refractivity contribution is 5.26. The predicted octanol–water partition coefficient (Wildman–Crippen LogP) is 3.32. The van der Waals surface area contributed by atoms with E-state index in [0.717, 1.165) is 44.7 Å². The fourth-order valence-electron chi connectivity index (χ4n) is 3.40. The van der Waals surface area contributed by atoms with E-state index in [2.05, 4.69) is 46.1 Å². The lowest BCUT2D eigenvalue weighted by Crippen LogP contribution is -2.45. The third-order valence-electron chi connectivity index (χ3n) is 4.74. The number of hydrogen-bond donors (Lipinski definition) is 0. The van der Waals surface area contributed by atoms with Crippen molar-refractivity contribution < 1.29 is 4.52 Å². The molecule has 120 valence electrons. The molecule has 0 N–H and O–H groups in total. The first-order valence-corrected chi connectivity index (χ1v) is 8.43. The maximum Gasteiger partial charge on any atom is 0.324 e. The van der Waals surface area contributed by atoms with E-state index in [1.165, 1.54) is 18.5 Å². The highest BCUT2D eigenvalue weighted by Crippen LogP contribution is 2.28. The topological polar surface area (TPSA) is 45.4 Å². The summed E-state index contributed by atoms with van der Waals surface area (Å²) in [5.41, 5.74) is 4.46. The first-order valence-electron chi connectivity index (χ1n) is 8.43. The molecule has 2 aliphatic heterocycles. The summed E-state index contributed by atoms with van der Waals surface area (Å²) >= 11 is 0. The van der Waals surface area contributed by atoms with Crippen LogP contribution >= 0.6 is 0 Å². The molecule has 2 fully saturated rings. The van der Waals surface area contributed by atoms with Gasteiger partial charge in [0.25, 0.3) is 0 Å². The molecule has 0 radical (unpaired) electrons. The van der Waals surface area contributed by atoms with Crippen molar-refractivity contribution in [3.63, 3.8) is 0 Å². The number of hydrogen-bond acceptors (Lipinski definition) is 5. The maximum atomic E-state index is 5.41. The van der Waals surface area contributed by atoms with Crippen LogP contribution < -0.4 is 4.90 Å². The molecule has 0 bridgehead atoms. The molecule has 5 heteroatoms. The van der Waals surface area contributed by atoms with Crippen molar-refractivity contribution in [2.24, 2.45) is 0 Å². The summed E-state index contributed by atoms with van der Waals surface area (Å²) in [7, 11) is 0. The van der Waals surface area contributed by atoms with E-state index >= 15 is 0 Å². The van der Waals surface area contributed by atoms with E-state index < -0.39 is 0 Å². The van der Waals surface area contributed by atoms with Gasteiger partial charge in [0.15, 0.2) is 5.82 Å². The van der Waals surface area contributed by atoms with Gasteiger partial charge in [0.1, 0.15) is 0 Å². The Bertz CT molecular complexity index is 551. The molecule has 0 aliphatic carbocycles. The lowest BCUT2D eigenvalue weighted by atomic mass is 9.98. The van der Waals surface area contributed by atoms with Crippen LogP contribution in [0.3, 0.4) is 0 Å². The Kier molecular flexibility index (Phi) is 4.53. The quantitative estimate of drug-likeness (QED) is 0.802. The molecule has 0 unspecified atom stereocenters. The highest BCUT2D eigenvalue weighted by Gasteiger charge is 2.29. The third-order valence-corrected chi connectivity index (χ3v) is 4.74. The van der Waals surface area contributed by atoms with Crippen LogP contribution in [0.15, 0.2) is 22.5 Å². The van der Waals surface area contributed by atoms with Crippen molar-refractivity contribution in [1.29, 1.82) is 0 Å². The normalized spacial score (nSPS) is 20.6. The molecule has 1 aromatic rings. The van der Waals surface area contributed by atoms with Gasteiger partial charge < -0.3 is 14.3 Å². The van der Waals surface area contributed by atoms with E-state index in [9.17, 15) is 0 Å². The summed E-state index contributed by atoms with van der Waals surface area (Å²) in [4.78, 5) is 9.26. The van der Waals surface area contributed by atoms with Crippen LogP contribution in [0.4, 0.5) is 6.01 Å². The largest absolute Gasteiger partial charge is 0.365 e. The highest BCUT2D eigenvalue weighted by atomic mass is 16.5. The number of rotatable bonds is 3. The van der Waals surface area contributed by atoms with Crippen molar-refractivity contribution in [3.05, 3.63) is 23.8 Å². The maximum absolute atomic E-state index is 5.41. The molecule has 3 rings (SSSR count). The Morgan fingerprint density at radius 1 is 1.23 bits per heavy atom. The lowest BCUT2D eigenvalue weighted by Gasteiger charge is -2.41. The zero-order valence-corrected chi connectivity index (χ0v) is 13.7. The molecule has 5 nitrogen and oxygen atoms in total. The summed E-state index contributed by atoms with van der Waals surface area (Å²) in [5, 5.41) is 4.06. The average Bonchev–Trinajstić information content (AvgIpc) is 3.05. The number of likely N-dealkylation sites (tertiary alicyclic amines) is 1. The molecule has 0 saturated carbocycles. The Morgan fingerprint density at radius 2 is 2.00 bits per heavy atom. The van der Waals surface area contributed by atoms with Gasteiger partial charge >= 0.3 is 6.01 Å². The smallest absolute Gasteiger partial charge is 0.324 e. The zero-order chi connectivity index (χ0) is 15.5. The molecular weight excluding hydrogens is 276 g/mol. The number of anilines is 1. The summed E-state index contributed by atoms with van der Waals surface area (Å²) < 4.78 is 5.41. The lowest BCUT2D eigenvalue weighted by molar-refractivity contribution is 0.185. The van der Waals surface area contributed by atoms with Crippen LogP contribution in [0.25, 0.3) is 0 Å². The summed E-state index contributed by atoms with van der Waals surface area (Å²) in [6, 6.07) is 1.29. The fourth-order valence-corrected chi connectivity index (χ4v) is 3.40. The van der Waals surface area contributed by atoms with Crippen molar-refractivity contribution in [2.75, 3.05) is 24.5 Å². The molecule has 2 aliphatic rings. The minimum Gasteiger partial charge on any atom is -0.365 e. The predicted molar refractivity (Wildman–Crippen MR) is 86.8 cm³/mol. The molecule has 0 amide bonds. The zero-order valence-electron chi connectivity index (χ0n) is 13.7. The van der Waals surface area contributed by atoms with Crippen LogP contribution in [-0.2, 0) is 0 Å². The SMILES string of the molecule is C=C=C1CCCCN1C1CCN(c2nc(C(C)C)no2)CC1. The first-order chi connectivity index (χ1) is 10.7.